The van der Waals surface area contributed by atoms with Gasteiger partial charge in [0.1, 0.15) is 17.7 Å². The zero-order valence-electron chi connectivity index (χ0n) is 10.5. The van der Waals surface area contributed by atoms with Crippen molar-refractivity contribution >= 4 is 11.0 Å². The summed E-state index contributed by atoms with van der Waals surface area (Å²) in [6.45, 7) is 6.70. The van der Waals surface area contributed by atoms with E-state index in [1.165, 1.54) is 0 Å². The molecular formula is C13H19N3O. The van der Waals surface area contributed by atoms with E-state index in [4.69, 9.17) is 10.5 Å². The molecule has 92 valence electrons. The van der Waals surface area contributed by atoms with Crippen LogP contribution in [0, 0.1) is 0 Å². The van der Waals surface area contributed by atoms with Crippen LogP contribution < -0.4 is 10.5 Å². The molecule has 1 heterocycles. The van der Waals surface area contributed by atoms with Crippen LogP contribution in [0.25, 0.3) is 11.0 Å². The zero-order chi connectivity index (χ0) is 12.4. The first-order chi connectivity index (χ1) is 8.10. The Bertz CT molecular complexity index is 504. The molecule has 0 amide bonds. The van der Waals surface area contributed by atoms with Crippen LogP contribution in [-0.2, 0) is 0 Å². The quantitative estimate of drug-likeness (QED) is 0.852. The summed E-state index contributed by atoms with van der Waals surface area (Å²) in [5, 5.41) is 0. The lowest BCUT2D eigenvalue weighted by atomic mass is 10.2. The number of benzene rings is 1. The van der Waals surface area contributed by atoms with Crippen molar-refractivity contribution in [3.63, 3.8) is 0 Å². The standard InChI is InChI=1S/C13H19N3O/c1-8(2)13-15-11-5-4-10(6-12(11)16-13)17-9(3)7-14/h4-6,8-9H,7,14H2,1-3H3,(H,15,16). The zero-order valence-corrected chi connectivity index (χ0v) is 10.5. The SMILES string of the molecule is CC(CN)Oc1ccc2nc(C(C)C)[nH]c2c1. The van der Waals surface area contributed by atoms with Crippen molar-refractivity contribution in [1.82, 2.24) is 9.97 Å². The Morgan fingerprint density at radius 1 is 1.35 bits per heavy atom. The molecule has 0 saturated carbocycles. The minimum absolute atomic E-state index is 0.0277. The highest BCUT2D eigenvalue weighted by molar-refractivity contribution is 5.76. The van der Waals surface area contributed by atoms with Crippen molar-refractivity contribution in [2.24, 2.45) is 5.73 Å². The van der Waals surface area contributed by atoms with Gasteiger partial charge in [0.05, 0.1) is 11.0 Å². The van der Waals surface area contributed by atoms with Gasteiger partial charge in [0, 0.05) is 18.5 Å². The second-order valence-electron chi connectivity index (χ2n) is 4.62. The number of nitrogens with one attached hydrogen (secondary N) is 1. The number of ether oxygens (including phenoxy) is 1. The highest BCUT2D eigenvalue weighted by atomic mass is 16.5. The maximum Gasteiger partial charge on any atom is 0.122 e. The molecule has 1 atom stereocenters. The van der Waals surface area contributed by atoms with E-state index in [0.717, 1.165) is 22.6 Å². The van der Waals surface area contributed by atoms with Crippen molar-refractivity contribution < 1.29 is 4.74 Å². The second-order valence-corrected chi connectivity index (χ2v) is 4.62. The molecule has 2 rings (SSSR count). The van der Waals surface area contributed by atoms with Gasteiger partial charge in [0.25, 0.3) is 0 Å². The largest absolute Gasteiger partial charge is 0.489 e. The van der Waals surface area contributed by atoms with Gasteiger partial charge in [-0.15, -0.1) is 0 Å². The molecule has 1 unspecified atom stereocenters. The molecule has 0 aliphatic carbocycles. The van der Waals surface area contributed by atoms with Crippen LogP contribution in [0.4, 0.5) is 0 Å². The van der Waals surface area contributed by atoms with Crippen molar-refractivity contribution in [3.05, 3.63) is 24.0 Å². The van der Waals surface area contributed by atoms with Gasteiger partial charge in [0.15, 0.2) is 0 Å². The molecule has 4 heteroatoms. The van der Waals surface area contributed by atoms with Gasteiger partial charge < -0.3 is 15.5 Å². The fourth-order valence-electron chi connectivity index (χ4n) is 1.64. The molecule has 0 bridgehead atoms. The van der Waals surface area contributed by atoms with E-state index in [1.807, 2.05) is 25.1 Å². The first-order valence-electron chi connectivity index (χ1n) is 5.96. The minimum atomic E-state index is 0.0277. The molecule has 3 N–H and O–H groups in total. The van der Waals surface area contributed by atoms with E-state index < -0.39 is 0 Å². The van der Waals surface area contributed by atoms with Crippen LogP contribution in [-0.4, -0.2) is 22.6 Å². The third kappa shape index (κ3) is 2.58. The van der Waals surface area contributed by atoms with E-state index in [1.54, 1.807) is 0 Å². The van der Waals surface area contributed by atoms with Crippen molar-refractivity contribution in [2.45, 2.75) is 32.8 Å². The summed E-state index contributed by atoms with van der Waals surface area (Å²) in [6, 6.07) is 5.87. The van der Waals surface area contributed by atoms with Gasteiger partial charge in [-0.3, -0.25) is 0 Å². The van der Waals surface area contributed by atoms with Crippen molar-refractivity contribution in [2.75, 3.05) is 6.54 Å². The number of nitrogens with zero attached hydrogens (tertiary/aromatic N) is 1. The summed E-state index contributed by atoms with van der Waals surface area (Å²) in [5.41, 5.74) is 7.51. The number of nitrogens with two attached hydrogens (primary N) is 1. The van der Waals surface area contributed by atoms with Crippen molar-refractivity contribution in [1.29, 1.82) is 0 Å². The topological polar surface area (TPSA) is 63.9 Å². The fourth-order valence-corrected chi connectivity index (χ4v) is 1.64. The van der Waals surface area contributed by atoms with E-state index in [0.29, 0.717) is 12.5 Å². The van der Waals surface area contributed by atoms with Crippen LogP contribution in [0.1, 0.15) is 32.5 Å². The first kappa shape index (κ1) is 11.9. The minimum Gasteiger partial charge on any atom is -0.489 e. The number of fused-ring (bicyclic) bond motifs is 1. The summed E-state index contributed by atoms with van der Waals surface area (Å²) in [7, 11) is 0. The summed E-state index contributed by atoms with van der Waals surface area (Å²) in [5.74, 6) is 2.23. The van der Waals surface area contributed by atoms with Gasteiger partial charge >= 0.3 is 0 Å². The number of aromatic amines is 1. The molecule has 4 nitrogen and oxygen atoms in total. The van der Waals surface area contributed by atoms with Crippen molar-refractivity contribution in [3.8, 4) is 5.75 Å². The Kier molecular flexibility index (Phi) is 3.33. The average molecular weight is 233 g/mol. The predicted molar refractivity (Wildman–Crippen MR) is 69.3 cm³/mol. The molecule has 0 spiro atoms. The molecule has 1 aromatic heterocycles. The van der Waals surface area contributed by atoms with Crippen LogP contribution >= 0.6 is 0 Å². The molecule has 1 aromatic carbocycles. The summed E-state index contributed by atoms with van der Waals surface area (Å²) < 4.78 is 5.67. The monoisotopic (exact) mass is 233 g/mol. The molecule has 17 heavy (non-hydrogen) atoms. The van der Waals surface area contributed by atoms with E-state index in [9.17, 15) is 0 Å². The van der Waals surface area contributed by atoms with Gasteiger partial charge in [0.2, 0.25) is 0 Å². The molecule has 0 radical (unpaired) electrons. The molecule has 0 saturated heterocycles. The van der Waals surface area contributed by atoms with Crippen LogP contribution in [0.2, 0.25) is 0 Å². The number of hydrogen-bond donors (Lipinski definition) is 2. The Morgan fingerprint density at radius 2 is 2.12 bits per heavy atom. The Labute approximate surface area is 101 Å². The summed E-state index contributed by atoms with van der Waals surface area (Å²) in [4.78, 5) is 7.82. The Morgan fingerprint density at radius 3 is 2.76 bits per heavy atom. The number of rotatable bonds is 4. The van der Waals surface area contributed by atoms with E-state index in [-0.39, 0.29) is 6.10 Å². The Balaban J connectivity index is 2.30. The van der Waals surface area contributed by atoms with Crippen LogP contribution in [0.15, 0.2) is 18.2 Å². The van der Waals surface area contributed by atoms with E-state index >= 15 is 0 Å². The smallest absolute Gasteiger partial charge is 0.122 e. The average Bonchev–Trinajstić information content (AvgIpc) is 2.72. The lowest BCUT2D eigenvalue weighted by molar-refractivity contribution is 0.230. The summed E-state index contributed by atoms with van der Waals surface area (Å²) >= 11 is 0. The number of aromatic nitrogens is 2. The lowest BCUT2D eigenvalue weighted by Crippen LogP contribution is -2.22. The van der Waals surface area contributed by atoms with Gasteiger partial charge in [-0.1, -0.05) is 13.8 Å². The highest BCUT2D eigenvalue weighted by Gasteiger charge is 2.08. The maximum atomic E-state index is 5.67. The number of hydrogen-bond acceptors (Lipinski definition) is 3. The third-order valence-electron chi connectivity index (χ3n) is 2.69. The molecule has 2 aromatic rings. The molecule has 0 aliphatic heterocycles. The summed E-state index contributed by atoms with van der Waals surface area (Å²) in [6.07, 6.45) is 0.0277. The van der Waals surface area contributed by atoms with Crippen LogP contribution in [0.5, 0.6) is 5.75 Å². The number of H-pyrrole nitrogens is 1. The van der Waals surface area contributed by atoms with Crippen LogP contribution in [0.3, 0.4) is 0 Å². The number of imidazole rings is 1. The predicted octanol–water partition coefficient (Wildman–Crippen LogP) is 2.41. The van der Waals surface area contributed by atoms with Gasteiger partial charge in [-0.25, -0.2) is 4.98 Å². The normalized spacial score (nSPS) is 13.2. The lowest BCUT2D eigenvalue weighted by Gasteiger charge is -2.11. The highest BCUT2D eigenvalue weighted by Crippen LogP contribution is 2.22. The molecule has 0 fully saturated rings. The molecular weight excluding hydrogens is 214 g/mol. The first-order valence-corrected chi connectivity index (χ1v) is 5.96. The second kappa shape index (κ2) is 4.75. The van der Waals surface area contributed by atoms with E-state index in [2.05, 4.69) is 23.8 Å². The molecule has 0 aliphatic rings. The third-order valence-corrected chi connectivity index (χ3v) is 2.69. The fraction of sp³-hybridized carbons (Fsp3) is 0.462. The maximum absolute atomic E-state index is 5.67. The Hall–Kier alpha value is -1.55. The van der Waals surface area contributed by atoms with Gasteiger partial charge in [-0.2, -0.15) is 0 Å². The van der Waals surface area contributed by atoms with Gasteiger partial charge in [-0.05, 0) is 19.1 Å².